The molecule has 4 heterocycles. The molecule has 19 heavy (non-hydrogen) atoms. The predicted molar refractivity (Wildman–Crippen MR) is 77.6 cm³/mol. The summed E-state index contributed by atoms with van der Waals surface area (Å²) in [5.41, 5.74) is 1.34. The van der Waals surface area contributed by atoms with Gasteiger partial charge in [0, 0.05) is 11.4 Å². The summed E-state index contributed by atoms with van der Waals surface area (Å²) >= 11 is 3.49. The predicted octanol–water partition coefficient (Wildman–Crippen LogP) is 2.83. The lowest BCUT2D eigenvalue weighted by molar-refractivity contribution is 0.551. The summed E-state index contributed by atoms with van der Waals surface area (Å²) in [6.07, 6.45) is 1.11. The monoisotopic (exact) mass is 288 g/mol. The summed E-state index contributed by atoms with van der Waals surface area (Å²) in [5, 5.41) is 15.1. The summed E-state index contributed by atoms with van der Waals surface area (Å²) < 4.78 is 0. The molecule has 0 spiro atoms. The van der Waals surface area contributed by atoms with Crippen LogP contribution in [0.3, 0.4) is 0 Å². The fraction of sp³-hybridized carbons (Fsp3) is 0.231. The van der Waals surface area contributed by atoms with Crippen molar-refractivity contribution >= 4 is 22.7 Å². The van der Waals surface area contributed by atoms with Crippen LogP contribution in [-0.4, -0.2) is 21.7 Å². The number of thiophene rings is 2. The van der Waals surface area contributed by atoms with Crippen LogP contribution in [0.5, 0.6) is 0 Å². The Labute approximate surface area is 118 Å². The molecule has 0 aromatic carbocycles. The molecule has 96 valence electrons. The summed E-state index contributed by atoms with van der Waals surface area (Å²) in [5.74, 6) is 1.69. The smallest absolute Gasteiger partial charge is 0.191 e. The second kappa shape index (κ2) is 4.56. The van der Waals surface area contributed by atoms with Gasteiger partial charge in [-0.25, -0.2) is 4.98 Å². The van der Waals surface area contributed by atoms with Crippen LogP contribution in [0.1, 0.15) is 22.3 Å². The molecule has 0 bridgehead atoms. The van der Waals surface area contributed by atoms with Gasteiger partial charge < -0.3 is 5.32 Å². The summed E-state index contributed by atoms with van der Waals surface area (Å²) in [7, 11) is 0. The molecule has 0 radical (unpaired) electrons. The quantitative estimate of drug-likeness (QED) is 0.762. The molecule has 0 fully saturated rings. The largest absolute Gasteiger partial charge is 0.303 e. The van der Waals surface area contributed by atoms with Crippen LogP contribution in [-0.2, 0) is 6.42 Å². The van der Waals surface area contributed by atoms with E-state index in [4.69, 9.17) is 0 Å². The SMILES string of the molecule is c1csc(-c2n[nH]c(C3NCCc4sccc43)n2)c1. The number of hydrogen-bond acceptors (Lipinski definition) is 5. The van der Waals surface area contributed by atoms with E-state index in [1.165, 1.54) is 10.4 Å². The van der Waals surface area contributed by atoms with E-state index in [1.807, 2.05) is 28.8 Å². The van der Waals surface area contributed by atoms with Crippen molar-refractivity contribution in [3.63, 3.8) is 0 Å². The molecule has 1 unspecified atom stereocenters. The highest BCUT2D eigenvalue weighted by Crippen LogP contribution is 2.31. The summed E-state index contributed by atoms with van der Waals surface area (Å²) in [6, 6.07) is 6.40. The Morgan fingerprint density at radius 3 is 3.11 bits per heavy atom. The Balaban J connectivity index is 1.71. The van der Waals surface area contributed by atoms with Crippen molar-refractivity contribution < 1.29 is 0 Å². The van der Waals surface area contributed by atoms with Crippen molar-refractivity contribution in [3.05, 3.63) is 45.2 Å². The van der Waals surface area contributed by atoms with Crippen molar-refractivity contribution in [1.82, 2.24) is 20.5 Å². The molecule has 1 aliphatic heterocycles. The maximum atomic E-state index is 4.64. The zero-order valence-corrected chi connectivity index (χ0v) is 11.7. The highest BCUT2D eigenvalue weighted by atomic mass is 32.1. The average Bonchev–Trinajstić information content (AvgIpc) is 3.18. The number of fused-ring (bicyclic) bond motifs is 1. The normalized spacial score (nSPS) is 18.4. The first-order valence-corrected chi connectivity index (χ1v) is 7.93. The van der Waals surface area contributed by atoms with Crippen molar-refractivity contribution in [2.75, 3.05) is 6.54 Å². The van der Waals surface area contributed by atoms with Gasteiger partial charge in [0.15, 0.2) is 5.82 Å². The van der Waals surface area contributed by atoms with Gasteiger partial charge in [0.05, 0.1) is 10.9 Å². The minimum Gasteiger partial charge on any atom is -0.303 e. The van der Waals surface area contributed by atoms with E-state index >= 15 is 0 Å². The molecule has 4 rings (SSSR count). The van der Waals surface area contributed by atoms with E-state index in [2.05, 4.69) is 31.9 Å². The van der Waals surface area contributed by atoms with Crippen molar-refractivity contribution in [2.45, 2.75) is 12.5 Å². The number of nitrogens with zero attached hydrogens (tertiary/aromatic N) is 2. The van der Waals surface area contributed by atoms with Crippen LogP contribution >= 0.6 is 22.7 Å². The maximum Gasteiger partial charge on any atom is 0.191 e. The van der Waals surface area contributed by atoms with Gasteiger partial charge in [0.1, 0.15) is 5.82 Å². The Hall–Kier alpha value is -1.50. The van der Waals surface area contributed by atoms with Gasteiger partial charge >= 0.3 is 0 Å². The van der Waals surface area contributed by atoms with E-state index in [9.17, 15) is 0 Å². The first-order valence-electron chi connectivity index (χ1n) is 6.17. The number of aromatic amines is 1. The molecule has 3 aromatic heterocycles. The Kier molecular flexibility index (Phi) is 2.72. The first-order chi connectivity index (χ1) is 9.42. The molecule has 1 atom stereocenters. The second-order valence-electron chi connectivity index (χ2n) is 4.46. The molecule has 6 heteroatoms. The van der Waals surface area contributed by atoms with Crippen LogP contribution in [0, 0.1) is 0 Å². The molecule has 4 nitrogen and oxygen atoms in total. The van der Waals surface area contributed by atoms with E-state index in [0.717, 1.165) is 29.5 Å². The number of aromatic nitrogens is 3. The van der Waals surface area contributed by atoms with Gasteiger partial charge in [-0.2, -0.15) is 5.10 Å². The standard InChI is InChI=1S/C13H12N4S2/c1-2-10(18-6-1)12-15-13(17-16-12)11-8-4-7-19-9(8)3-5-14-11/h1-2,4,6-7,11,14H,3,5H2,(H,15,16,17). The van der Waals surface area contributed by atoms with Crippen molar-refractivity contribution in [2.24, 2.45) is 0 Å². The molecule has 0 saturated heterocycles. The topological polar surface area (TPSA) is 53.6 Å². The first kappa shape index (κ1) is 11.3. The molecule has 0 aliphatic carbocycles. The lowest BCUT2D eigenvalue weighted by Crippen LogP contribution is -2.30. The molecule has 0 amide bonds. The third-order valence-electron chi connectivity index (χ3n) is 3.31. The van der Waals surface area contributed by atoms with Crippen LogP contribution < -0.4 is 5.32 Å². The average molecular weight is 288 g/mol. The van der Waals surface area contributed by atoms with Gasteiger partial charge in [-0.1, -0.05) is 6.07 Å². The Morgan fingerprint density at radius 2 is 2.21 bits per heavy atom. The third kappa shape index (κ3) is 1.92. The lowest BCUT2D eigenvalue weighted by atomic mass is 10.0. The fourth-order valence-electron chi connectivity index (χ4n) is 2.41. The van der Waals surface area contributed by atoms with Crippen LogP contribution in [0.4, 0.5) is 0 Å². The number of rotatable bonds is 2. The summed E-state index contributed by atoms with van der Waals surface area (Å²) in [6.45, 7) is 0.993. The van der Waals surface area contributed by atoms with E-state index in [1.54, 1.807) is 11.3 Å². The number of hydrogen-bond donors (Lipinski definition) is 2. The van der Waals surface area contributed by atoms with Crippen LogP contribution in [0.2, 0.25) is 0 Å². The van der Waals surface area contributed by atoms with E-state index in [0.29, 0.717) is 0 Å². The number of H-pyrrole nitrogens is 1. The number of nitrogens with one attached hydrogen (secondary N) is 2. The second-order valence-corrected chi connectivity index (χ2v) is 6.41. The molecular formula is C13H12N4S2. The summed E-state index contributed by atoms with van der Waals surface area (Å²) in [4.78, 5) is 7.20. The highest BCUT2D eigenvalue weighted by molar-refractivity contribution is 7.13. The van der Waals surface area contributed by atoms with Crippen LogP contribution in [0.25, 0.3) is 10.7 Å². The minimum absolute atomic E-state index is 0.149. The van der Waals surface area contributed by atoms with Gasteiger partial charge in [-0.15, -0.1) is 22.7 Å². The highest BCUT2D eigenvalue weighted by Gasteiger charge is 2.25. The van der Waals surface area contributed by atoms with Crippen molar-refractivity contribution in [3.8, 4) is 10.7 Å². The third-order valence-corrected chi connectivity index (χ3v) is 5.17. The van der Waals surface area contributed by atoms with Gasteiger partial charge in [0.2, 0.25) is 0 Å². The Morgan fingerprint density at radius 1 is 1.21 bits per heavy atom. The molecule has 2 N–H and O–H groups in total. The molecule has 0 saturated carbocycles. The van der Waals surface area contributed by atoms with Crippen LogP contribution in [0.15, 0.2) is 29.0 Å². The van der Waals surface area contributed by atoms with E-state index < -0.39 is 0 Å². The lowest BCUT2D eigenvalue weighted by Gasteiger charge is -2.21. The molecule has 3 aromatic rings. The zero-order chi connectivity index (χ0) is 12.7. The van der Waals surface area contributed by atoms with Gasteiger partial charge in [-0.3, -0.25) is 5.10 Å². The molecular weight excluding hydrogens is 276 g/mol. The molecule has 1 aliphatic rings. The fourth-order valence-corrected chi connectivity index (χ4v) is 3.99. The van der Waals surface area contributed by atoms with Crippen molar-refractivity contribution in [1.29, 1.82) is 0 Å². The van der Waals surface area contributed by atoms with E-state index in [-0.39, 0.29) is 6.04 Å². The van der Waals surface area contributed by atoms with Gasteiger partial charge in [0.25, 0.3) is 0 Å². The zero-order valence-electron chi connectivity index (χ0n) is 10.1. The Bertz CT molecular complexity index is 683. The van der Waals surface area contributed by atoms with Gasteiger partial charge in [-0.05, 0) is 34.9 Å². The maximum absolute atomic E-state index is 4.64. The minimum atomic E-state index is 0.149.